The fraction of sp³-hybridized carbons (Fsp3) is 0.400. The molecule has 0 spiro atoms. The van der Waals surface area contributed by atoms with Crippen molar-refractivity contribution in [1.82, 2.24) is 5.32 Å². The highest BCUT2D eigenvalue weighted by Crippen LogP contribution is 2.09. The quantitative estimate of drug-likeness (QED) is 0.606. The number of halogens is 1. The van der Waals surface area contributed by atoms with Gasteiger partial charge >= 0.3 is 0 Å². The minimum Gasteiger partial charge on any atom is -0.372 e. The molecule has 0 aliphatic heterocycles. The highest BCUT2D eigenvalue weighted by atomic mass is 19.1. The van der Waals surface area contributed by atoms with Crippen LogP contribution >= 0.6 is 0 Å². The molecule has 1 rings (SSSR count). The minimum atomic E-state index is -0.377. The summed E-state index contributed by atoms with van der Waals surface area (Å²) < 4.78 is 18.7. The van der Waals surface area contributed by atoms with E-state index in [4.69, 9.17) is 10.5 Å². The van der Waals surface area contributed by atoms with Crippen LogP contribution in [0.3, 0.4) is 0 Å². The molecule has 0 atom stereocenters. The molecule has 4 nitrogen and oxygen atoms in total. The van der Waals surface area contributed by atoms with Gasteiger partial charge in [-0.1, -0.05) is 18.8 Å². The van der Waals surface area contributed by atoms with E-state index < -0.39 is 0 Å². The molecule has 108 valence electrons. The Kier molecular flexibility index (Phi) is 7.33. The van der Waals surface area contributed by atoms with E-state index in [0.29, 0.717) is 17.7 Å². The lowest BCUT2D eigenvalue weighted by molar-refractivity contribution is -0.125. The van der Waals surface area contributed by atoms with Gasteiger partial charge in [-0.25, -0.2) is 4.39 Å². The number of carbonyl (C=O) groups excluding carboxylic acids is 1. The SMILES string of the molecule is CCCOCC(=O)NCc1cc(C#CCN)ccc1F. The number of hydrogen-bond donors (Lipinski definition) is 2. The van der Waals surface area contributed by atoms with Gasteiger partial charge in [-0.3, -0.25) is 4.79 Å². The Labute approximate surface area is 118 Å². The molecule has 1 aromatic rings. The minimum absolute atomic E-state index is 0.0118. The van der Waals surface area contributed by atoms with Gasteiger partial charge in [0.15, 0.2) is 0 Å². The van der Waals surface area contributed by atoms with Crippen LogP contribution in [0.15, 0.2) is 18.2 Å². The number of carbonyl (C=O) groups is 1. The third-order valence-corrected chi connectivity index (χ3v) is 2.44. The van der Waals surface area contributed by atoms with Gasteiger partial charge in [-0.05, 0) is 24.6 Å². The summed E-state index contributed by atoms with van der Waals surface area (Å²) in [4.78, 5) is 11.5. The molecular weight excluding hydrogens is 259 g/mol. The third-order valence-electron chi connectivity index (χ3n) is 2.44. The molecule has 1 amide bonds. The van der Waals surface area contributed by atoms with Crippen molar-refractivity contribution in [3.8, 4) is 11.8 Å². The Morgan fingerprint density at radius 3 is 3.00 bits per heavy atom. The van der Waals surface area contributed by atoms with Crippen LogP contribution in [-0.4, -0.2) is 25.7 Å². The fourth-order valence-electron chi connectivity index (χ4n) is 1.50. The van der Waals surface area contributed by atoms with Crippen LogP contribution < -0.4 is 11.1 Å². The molecule has 0 radical (unpaired) electrons. The van der Waals surface area contributed by atoms with Gasteiger partial charge in [0.2, 0.25) is 5.91 Å². The molecule has 0 aliphatic carbocycles. The van der Waals surface area contributed by atoms with E-state index in [2.05, 4.69) is 17.2 Å². The van der Waals surface area contributed by atoms with Crippen molar-refractivity contribution in [2.45, 2.75) is 19.9 Å². The molecule has 20 heavy (non-hydrogen) atoms. The van der Waals surface area contributed by atoms with Crippen LogP contribution in [0, 0.1) is 17.7 Å². The van der Waals surface area contributed by atoms with E-state index in [9.17, 15) is 9.18 Å². The first-order valence-corrected chi connectivity index (χ1v) is 6.49. The van der Waals surface area contributed by atoms with Gasteiger partial charge in [-0.2, -0.15) is 0 Å². The van der Waals surface area contributed by atoms with E-state index in [1.54, 1.807) is 12.1 Å². The number of nitrogens with one attached hydrogen (secondary N) is 1. The van der Waals surface area contributed by atoms with Crippen molar-refractivity contribution in [1.29, 1.82) is 0 Å². The van der Waals surface area contributed by atoms with E-state index >= 15 is 0 Å². The van der Waals surface area contributed by atoms with Crippen LogP contribution in [0.1, 0.15) is 24.5 Å². The second-order valence-electron chi connectivity index (χ2n) is 4.14. The Hall–Kier alpha value is -1.90. The molecule has 1 aromatic carbocycles. The topological polar surface area (TPSA) is 64.3 Å². The molecule has 0 aliphatic rings. The maximum absolute atomic E-state index is 13.6. The number of hydrogen-bond acceptors (Lipinski definition) is 3. The monoisotopic (exact) mass is 278 g/mol. The lowest BCUT2D eigenvalue weighted by atomic mass is 10.1. The smallest absolute Gasteiger partial charge is 0.246 e. The van der Waals surface area contributed by atoms with Crippen molar-refractivity contribution in [3.63, 3.8) is 0 Å². The molecule has 0 aromatic heterocycles. The van der Waals surface area contributed by atoms with Gasteiger partial charge in [0.1, 0.15) is 12.4 Å². The maximum Gasteiger partial charge on any atom is 0.246 e. The van der Waals surface area contributed by atoms with E-state index in [1.165, 1.54) is 6.07 Å². The van der Waals surface area contributed by atoms with Crippen molar-refractivity contribution in [3.05, 3.63) is 35.1 Å². The Balaban J connectivity index is 2.56. The predicted octanol–water partition coefficient (Wildman–Crippen LogP) is 1.18. The fourth-order valence-corrected chi connectivity index (χ4v) is 1.50. The number of benzene rings is 1. The summed E-state index contributed by atoms with van der Waals surface area (Å²) in [6, 6.07) is 4.51. The zero-order valence-corrected chi connectivity index (χ0v) is 11.5. The summed E-state index contributed by atoms with van der Waals surface area (Å²) in [5.74, 6) is 4.88. The van der Waals surface area contributed by atoms with Crippen LogP contribution in [0.25, 0.3) is 0 Å². The van der Waals surface area contributed by atoms with Crippen molar-refractivity contribution < 1.29 is 13.9 Å². The lowest BCUT2D eigenvalue weighted by Crippen LogP contribution is -2.27. The molecular formula is C15H19FN2O2. The average molecular weight is 278 g/mol. The Morgan fingerprint density at radius 1 is 1.50 bits per heavy atom. The first-order valence-electron chi connectivity index (χ1n) is 6.49. The number of ether oxygens (including phenoxy) is 1. The van der Waals surface area contributed by atoms with Gasteiger partial charge in [-0.15, -0.1) is 0 Å². The van der Waals surface area contributed by atoms with Gasteiger partial charge in [0, 0.05) is 24.3 Å². The molecule has 3 N–H and O–H groups in total. The van der Waals surface area contributed by atoms with Gasteiger partial charge in [0.25, 0.3) is 0 Å². The second kappa shape index (κ2) is 9.08. The van der Waals surface area contributed by atoms with Crippen molar-refractivity contribution in [2.24, 2.45) is 5.73 Å². The zero-order chi connectivity index (χ0) is 14.8. The third kappa shape index (κ3) is 5.83. The maximum atomic E-state index is 13.6. The summed E-state index contributed by atoms with van der Waals surface area (Å²) in [7, 11) is 0. The summed E-state index contributed by atoms with van der Waals surface area (Å²) in [5.41, 5.74) is 6.34. The van der Waals surface area contributed by atoms with Crippen LogP contribution in [0.2, 0.25) is 0 Å². The highest BCUT2D eigenvalue weighted by molar-refractivity contribution is 5.77. The Bertz CT molecular complexity index is 506. The number of nitrogens with two attached hydrogens (primary N) is 1. The van der Waals surface area contributed by atoms with Crippen molar-refractivity contribution >= 4 is 5.91 Å². The molecule has 0 saturated carbocycles. The largest absolute Gasteiger partial charge is 0.372 e. The molecule has 5 heteroatoms. The molecule has 0 bridgehead atoms. The first-order chi connectivity index (χ1) is 9.67. The van der Waals surface area contributed by atoms with Gasteiger partial charge in [0.05, 0.1) is 6.54 Å². The summed E-state index contributed by atoms with van der Waals surface area (Å²) >= 11 is 0. The van der Waals surface area contributed by atoms with E-state index in [1.807, 2.05) is 6.92 Å². The highest BCUT2D eigenvalue weighted by Gasteiger charge is 2.06. The van der Waals surface area contributed by atoms with Gasteiger partial charge < -0.3 is 15.8 Å². The predicted molar refractivity (Wildman–Crippen MR) is 75.3 cm³/mol. The van der Waals surface area contributed by atoms with Crippen molar-refractivity contribution in [2.75, 3.05) is 19.8 Å². The standard InChI is InChI=1S/C15H19FN2O2/c1-2-8-20-11-15(19)18-10-13-9-12(4-3-7-17)5-6-14(13)16/h5-6,9H,2,7-8,10-11,17H2,1H3,(H,18,19). The first kappa shape index (κ1) is 16.2. The van der Waals surface area contributed by atoms with E-state index in [0.717, 1.165) is 6.42 Å². The van der Waals surface area contributed by atoms with Crippen LogP contribution in [0.4, 0.5) is 4.39 Å². The molecule has 0 saturated heterocycles. The molecule has 0 unspecified atom stereocenters. The molecule has 0 heterocycles. The molecule has 0 fully saturated rings. The summed E-state index contributed by atoms with van der Waals surface area (Å²) in [5, 5.41) is 2.61. The summed E-state index contributed by atoms with van der Waals surface area (Å²) in [6.45, 7) is 2.84. The second-order valence-corrected chi connectivity index (χ2v) is 4.14. The number of rotatable bonds is 6. The lowest BCUT2D eigenvalue weighted by Gasteiger charge is -2.07. The normalized spacial score (nSPS) is 9.75. The summed E-state index contributed by atoms with van der Waals surface area (Å²) in [6.07, 6.45) is 0.851. The van der Waals surface area contributed by atoms with Crippen LogP contribution in [0.5, 0.6) is 0 Å². The van der Waals surface area contributed by atoms with Crippen LogP contribution in [-0.2, 0) is 16.1 Å². The van der Waals surface area contributed by atoms with E-state index in [-0.39, 0.29) is 31.4 Å². The zero-order valence-electron chi connectivity index (χ0n) is 11.5. The Morgan fingerprint density at radius 2 is 2.30 bits per heavy atom. The average Bonchev–Trinajstić information content (AvgIpc) is 2.45. The number of amides is 1.